The van der Waals surface area contributed by atoms with Crippen LogP contribution >= 0.6 is 0 Å². The van der Waals surface area contributed by atoms with Gasteiger partial charge in [-0.05, 0) is 57.2 Å². The molecule has 154 valence electrons. The Bertz CT molecular complexity index is 699. The Hall–Kier alpha value is -1.59. The molecule has 5 heteroatoms. The molecule has 3 saturated heterocycles. The van der Waals surface area contributed by atoms with Gasteiger partial charge in [0, 0.05) is 50.9 Å². The third-order valence-electron chi connectivity index (χ3n) is 7.23. The largest absolute Gasteiger partial charge is 0.388 e. The van der Waals surface area contributed by atoms with Crippen LogP contribution in [-0.4, -0.2) is 71.2 Å². The van der Waals surface area contributed by atoms with Gasteiger partial charge in [0.2, 0.25) is 5.91 Å². The number of aryl methyl sites for hydroxylation is 1. The summed E-state index contributed by atoms with van der Waals surface area (Å²) in [6.45, 7) is 8.35. The molecule has 3 aliphatic heterocycles. The summed E-state index contributed by atoms with van der Waals surface area (Å²) in [5.41, 5.74) is 1.99. The van der Waals surface area contributed by atoms with Crippen LogP contribution in [0.4, 0.5) is 5.69 Å². The lowest BCUT2D eigenvalue weighted by molar-refractivity contribution is -0.130. The fourth-order valence-corrected chi connectivity index (χ4v) is 5.65. The number of amides is 1. The first kappa shape index (κ1) is 19.7. The summed E-state index contributed by atoms with van der Waals surface area (Å²) >= 11 is 0. The predicted molar refractivity (Wildman–Crippen MR) is 113 cm³/mol. The SMILES string of the molecule is CC(=O)N1CC[C@@H]2[C@H]1CCCCN2CC1(O)CCN(c2ccccc2C)CC1. The van der Waals surface area contributed by atoms with Gasteiger partial charge in [-0.1, -0.05) is 24.6 Å². The van der Waals surface area contributed by atoms with E-state index in [1.54, 1.807) is 6.92 Å². The van der Waals surface area contributed by atoms with Crippen LogP contribution < -0.4 is 4.90 Å². The van der Waals surface area contributed by atoms with E-state index in [1.165, 1.54) is 24.1 Å². The van der Waals surface area contributed by atoms with Crippen molar-refractivity contribution < 1.29 is 9.90 Å². The van der Waals surface area contributed by atoms with E-state index in [9.17, 15) is 9.90 Å². The van der Waals surface area contributed by atoms with Crippen molar-refractivity contribution in [2.24, 2.45) is 0 Å². The molecule has 28 heavy (non-hydrogen) atoms. The van der Waals surface area contributed by atoms with Crippen molar-refractivity contribution in [2.45, 2.75) is 70.1 Å². The van der Waals surface area contributed by atoms with Crippen LogP contribution in [0.5, 0.6) is 0 Å². The third kappa shape index (κ3) is 3.92. The van der Waals surface area contributed by atoms with Crippen molar-refractivity contribution in [3.05, 3.63) is 29.8 Å². The van der Waals surface area contributed by atoms with Gasteiger partial charge < -0.3 is 14.9 Å². The molecule has 1 aromatic rings. The summed E-state index contributed by atoms with van der Waals surface area (Å²) in [5, 5.41) is 11.4. The summed E-state index contributed by atoms with van der Waals surface area (Å²) in [7, 11) is 0. The summed E-state index contributed by atoms with van der Waals surface area (Å²) in [6, 6.07) is 9.30. The zero-order valence-corrected chi connectivity index (χ0v) is 17.4. The fourth-order valence-electron chi connectivity index (χ4n) is 5.65. The minimum atomic E-state index is -0.613. The van der Waals surface area contributed by atoms with Crippen molar-refractivity contribution in [3.63, 3.8) is 0 Å². The molecular formula is C23H35N3O2. The molecule has 1 N–H and O–H groups in total. The summed E-state index contributed by atoms with van der Waals surface area (Å²) in [6.07, 6.45) is 6.14. The number of hydrogen-bond acceptors (Lipinski definition) is 4. The minimum Gasteiger partial charge on any atom is -0.388 e. The number of likely N-dealkylation sites (tertiary alicyclic amines) is 2. The van der Waals surface area contributed by atoms with E-state index in [-0.39, 0.29) is 5.91 Å². The van der Waals surface area contributed by atoms with E-state index in [1.807, 2.05) is 0 Å². The second-order valence-corrected chi connectivity index (χ2v) is 9.10. The van der Waals surface area contributed by atoms with Crippen molar-refractivity contribution in [3.8, 4) is 0 Å². The van der Waals surface area contributed by atoms with Crippen LogP contribution in [0, 0.1) is 6.92 Å². The monoisotopic (exact) mass is 385 g/mol. The average molecular weight is 386 g/mol. The number of fused-ring (bicyclic) bond motifs is 1. The van der Waals surface area contributed by atoms with Crippen LogP contribution in [-0.2, 0) is 4.79 Å². The van der Waals surface area contributed by atoms with Gasteiger partial charge in [0.1, 0.15) is 0 Å². The maximum Gasteiger partial charge on any atom is 0.219 e. The number of hydrogen-bond donors (Lipinski definition) is 1. The lowest BCUT2D eigenvalue weighted by Crippen LogP contribution is -2.55. The Morgan fingerprint density at radius 2 is 1.82 bits per heavy atom. The number of rotatable bonds is 3. The van der Waals surface area contributed by atoms with E-state index in [4.69, 9.17) is 0 Å². The van der Waals surface area contributed by atoms with Gasteiger partial charge in [-0.2, -0.15) is 0 Å². The average Bonchev–Trinajstić information content (AvgIpc) is 3.01. The van der Waals surface area contributed by atoms with Gasteiger partial charge in [-0.3, -0.25) is 9.69 Å². The second kappa shape index (κ2) is 8.03. The third-order valence-corrected chi connectivity index (χ3v) is 7.23. The second-order valence-electron chi connectivity index (χ2n) is 9.10. The highest BCUT2D eigenvalue weighted by Crippen LogP contribution is 2.34. The summed E-state index contributed by atoms with van der Waals surface area (Å²) in [4.78, 5) is 19.0. The number of β-amino-alcohol motifs (C(OH)–C–C–N with tert-alkyl or cyclic N) is 1. The molecule has 0 aromatic heterocycles. The Morgan fingerprint density at radius 3 is 2.54 bits per heavy atom. The van der Waals surface area contributed by atoms with Crippen LogP contribution in [0.3, 0.4) is 0 Å². The highest BCUT2D eigenvalue weighted by atomic mass is 16.3. The molecule has 3 fully saturated rings. The zero-order valence-electron chi connectivity index (χ0n) is 17.4. The number of para-hydroxylation sites is 1. The first-order valence-electron chi connectivity index (χ1n) is 11.0. The standard InChI is InChI=1S/C23H35N3O2/c1-18-7-3-4-8-20(18)24-15-11-23(28,12-16-24)17-25-13-6-5-9-22-21(25)10-14-26(22)19(2)27/h3-4,7-8,21-22,28H,5-6,9-17H2,1-2H3/t21-,22-/m1/s1. The molecule has 3 aliphatic rings. The maximum atomic E-state index is 12.0. The molecule has 0 saturated carbocycles. The molecule has 0 radical (unpaired) electrons. The van der Waals surface area contributed by atoms with Gasteiger partial charge in [0.15, 0.2) is 0 Å². The van der Waals surface area contributed by atoms with Gasteiger partial charge in [-0.25, -0.2) is 0 Å². The molecule has 3 heterocycles. The van der Waals surface area contributed by atoms with Gasteiger partial charge in [0.05, 0.1) is 5.60 Å². The van der Waals surface area contributed by atoms with Crippen molar-refractivity contribution in [1.82, 2.24) is 9.80 Å². The molecule has 5 nitrogen and oxygen atoms in total. The summed E-state index contributed by atoms with van der Waals surface area (Å²) < 4.78 is 0. The first-order chi connectivity index (χ1) is 13.5. The molecule has 0 bridgehead atoms. The van der Waals surface area contributed by atoms with E-state index in [2.05, 4.69) is 45.9 Å². The van der Waals surface area contributed by atoms with Gasteiger partial charge in [0.25, 0.3) is 0 Å². The Kier molecular flexibility index (Phi) is 5.66. The van der Waals surface area contributed by atoms with Crippen LogP contribution in [0.2, 0.25) is 0 Å². The fraction of sp³-hybridized carbons (Fsp3) is 0.696. The van der Waals surface area contributed by atoms with E-state index in [0.717, 1.165) is 58.4 Å². The Labute approximate surface area is 169 Å². The van der Waals surface area contributed by atoms with E-state index < -0.39 is 5.60 Å². The maximum absolute atomic E-state index is 12.0. The molecule has 0 spiro atoms. The molecule has 1 aromatic carbocycles. The quantitative estimate of drug-likeness (QED) is 0.869. The van der Waals surface area contributed by atoms with Crippen LogP contribution in [0.25, 0.3) is 0 Å². The number of benzene rings is 1. The van der Waals surface area contributed by atoms with Crippen molar-refractivity contribution in [1.29, 1.82) is 0 Å². The number of anilines is 1. The van der Waals surface area contributed by atoms with Gasteiger partial charge >= 0.3 is 0 Å². The van der Waals surface area contributed by atoms with E-state index >= 15 is 0 Å². The number of nitrogens with zero attached hydrogens (tertiary/aromatic N) is 3. The smallest absolute Gasteiger partial charge is 0.219 e. The number of piperidine rings is 1. The van der Waals surface area contributed by atoms with Crippen LogP contribution in [0.1, 0.15) is 51.0 Å². The first-order valence-corrected chi connectivity index (χ1v) is 11.0. The topological polar surface area (TPSA) is 47.0 Å². The normalized spacial score (nSPS) is 28.1. The number of carbonyl (C=O) groups excluding carboxylic acids is 1. The molecule has 1 amide bonds. The Balaban J connectivity index is 1.41. The van der Waals surface area contributed by atoms with Gasteiger partial charge in [-0.15, -0.1) is 0 Å². The lowest BCUT2D eigenvalue weighted by Gasteiger charge is -2.44. The molecular weight excluding hydrogens is 350 g/mol. The molecule has 2 atom stereocenters. The van der Waals surface area contributed by atoms with Crippen LogP contribution in [0.15, 0.2) is 24.3 Å². The molecule has 0 unspecified atom stereocenters. The minimum absolute atomic E-state index is 0.208. The highest BCUT2D eigenvalue weighted by molar-refractivity contribution is 5.74. The number of carbonyl (C=O) groups is 1. The summed E-state index contributed by atoms with van der Waals surface area (Å²) in [5.74, 6) is 0.208. The molecule has 4 rings (SSSR count). The Morgan fingerprint density at radius 1 is 1.07 bits per heavy atom. The zero-order chi connectivity index (χ0) is 19.7. The molecule has 0 aliphatic carbocycles. The lowest BCUT2D eigenvalue weighted by atomic mass is 9.89. The van der Waals surface area contributed by atoms with Crippen molar-refractivity contribution in [2.75, 3.05) is 37.6 Å². The van der Waals surface area contributed by atoms with E-state index in [0.29, 0.717) is 12.1 Å². The predicted octanol–water partition coefficient (Wildman–Crippen LogP) is 2.80. The van der Waals surface area contributed by atoms with Crippen molar-refractivity contribution >= 4 is 11.6 Å². The number of aliphatic hydroxyl groups is 1. The highest BCUT2D eigenvalue weighted by Gasteiger charge is 2.43.